The molecule has 130 valence electrons. The number of hydrogen-bond acceptors (Lipinski definition) is 3. The van der Waals surface area contributed by atoms with Crippen LogP contribution in [0, 0.1) is 23.5 Å². The van der Waals surface area contributed by atoms with Crippen LogP contribution < -0.4 is 4.72 Å². The number of likely N-dealkylation sites (tertiary alicyclic amines) is 1. The van der Waals surface area contributed by atoms with Crippen molar-refractivity contribution in [3.63, 3.8) is 0 Å². The summed E-state index contributed by atoms with van der Waals surface area (Å²) >= 11 is 0. The van der Waals surface area contributed by atoms with E-state index in [0.29, 0.717) is 24.4 Å². The molecule has 0 unspecified atom stereocenters. The van der Waals surface area contributed by atoms with E-state index < -0.39 is 26.6 Å². The Morgan fingerprint density at radius 2 is 1.87 bits per heavy atom. The Hall–Kier alpha value is -1.05. The Morgan fingerprint density at radius 1 is 1.26 bits per heavy atom. The average Bonchev–Trinajstić information content (AvgIpc) is 2.39. The van der Waals surface area contributed by atoms with Crippen molar-refractivity contribution < 1.29 is 17.2 Å². The third-order valence-corrected chi connectivity index (χ3v) is 5.62. The largest absolute Gasteiger partial charge is 0.301 e. The molecule has 1 aliphatic heterocycles. The van der Waals surface area contributed by atoms with Crippen molar-refractivity contribution in [2.75, 3.05) is 19.6 Å². The topological polar surface area (TPSA) is 49.4 Å². The summed E-state index contributed by atoms with van der Waals surface area (Å²) < 4.78 is 53.8. The first-order valence-electron chi connectivity index (χ1n) is 7.87. The standard InChI is InChI=1S/C16H24F2N2O2S/c1-11-6-12(2)9-20(8-11)10-13(3)19-23(21,22)16-7-14(17)4-5-15(16)18/h4-5,7,11-13,19H,6,8-10H2,1-3H3/t11-,12-,13+/m1/s1. The second-order valence-corrected chi connectivity index (χ2v) is 8.44. The molecule has 3 atom stereocenters. The Balaban J connectivity index is 2.04. The quantitative estimate of drug-likeness (QED) is 0.892. The molecule has 7 heteroatoms. The summed E-state index contributed by atoms with van der Waals surface area (Å²) in [6.45, 7) is 8.48. The van der Waals surface area contributed by atoms with Gasteiger partial charge >= 0.3 is 0 Å². The fourth-order valence-corrected chi connectivity index (χ4v) is 4.70. The molecule has 0 saturated carbocycles. The van der Waals surface area contributed by atoms with Gasteiger partial charge in [0.25, 0.3) is 0 Å². The van der Waals surface area contributed by atoms with Gasteiger partial charge < -0.3 is 4.90 Å². The maximum atomic E-state index is 13.7. The number of nitrogens with one attached hydrogen (secondary N) is 1. The summed E-state index contributed by atoms with van der Waals surface area (Å²) in [6.07, 6.45) is 1.17. The second-order valence-electron chi connectivity index (χ2n) is 6.76. The molecule has 0 amide bonds. The molecule has 1 aromatic carbocycles. The van der Waals surface area contributed by atoms with Gasteiger partial charge in [-0.2, -0.15) is 0 Å². The Kier molecular flexibility index (Phi) is 5.75. The maximum Gasteiger partial charge on any atom is 0.243 e. The van der Waals surface area contributed by atoms with Crippen molar-refractivity contribution >= 4 is 10.0 Å². The van der Waals surface area contributed by atoms with Gasteiger partial charge in [0, 0.05) is 25.7 Å². The summed E-state index contributed by atoms with van der Waals surface area (Å²) in [5.41, 5.74) is 0. The first-order chi connectivity index (χ1) is 10.7. The van der Waals surface area contributed by atoms with Crippen molar-refractivity contribution in [3.8, 4) is 0 Å². The van der Waals surface area contributed by atoms with Gasteiger partial charge in [0.2, 0.25) is 10.0 Å². The lowest BCUT2D eigenvalue weighted by Crippen LogP contribution is -2.47. The van der Waals surface area contributed by atoms with Gasteiger partial charge in [0.05, 0.1) is 0 Å². The molecule has 1 saturated heterocycles. The summed E-state index contributed by atoms with van der Waals surface area (Å²) in [6, 6.07) is 2.03. The highest BCUT2D eigenvalue weighted by Crippen LogP contribution is 2.21. The van der Waals surface area contributed by atoms with E-state index in [1.807, 2.05) is 0 Å². The molecule has 0 aromatic heterocycles. The van der Waals surface area contributed by atoms with Crippen LogP contribution in [0.25, 0.3) is 0 Å². The Morgan fingerprint density at radius 3 is 2.48 bits per heavy atom. The lowest BCUT2D eigenvalue weighted by Gasteiger charge is -2.36. The molecule has 4 nitrogen and oxygen atoms in total. The molecule has 0 bridgehead atoms. The van der Waals surface area contributed by atoms with E-state index in [9.17, 15) is 17.2 Å². The molecule has 0 radical (unpaired) electrons. The van der Waals surface area contributed by atoms with Crippen LogP contribution in [0.15, 0.2) is 23.1 Å². The van der Waals surface area contributed by atoms with Crippen LogP contribution in [0.4, 0.5) is 8.78 Å². The minimum atomic E-state index is -4.08. The van der Waals surface area contributed by atoms with Crippen molar-refractivity contribution in [3.05, 3.63) is 29.8 Å². The third kappa shape index (κ3) is 4.96. The number of nitrogens with zero attached hydrogens (tertiary/aromatic N) is 1. The molecule has 1 heterocycles. The SMILES string of the molecule is C[C@@H]1C[C@@H](C)CN(C[C@H](C)NS(=O)(=O)c2cc(F)ccc2F)C1. The molecule has 0 aliphatic carbocycles. The van der Waals surface area contributed by atoms with Crippen LogP contribution >= 0.6 is 0 Å². The van der Waals surface area contributed by atoms with Gasteiger partial charge in [-0.15, -0.1) is 0 Å². The normalized spacial score (nSPS) is 24.6. The zero-order valence-electron chi connectivity index (χ0n) is 13.7. The predicted octanol–water partition coefficient (Wildman–Crippen LogP) is 2.61. The highest BCUT2D eigenvalue weighted by Gasteiger charge is 2.26. The predicted molar refractivity (Wildman–Crippen MR) is 85.5 cm³/mol. The van der Waals surface area contributed by atoms with Crippen LogP contribution in [0.3, 0.4) is 0 Å². The van der Waals surface area contributed by atoms with Gasteiger partial charge in [-0.05, 0) is 43.4 Å². The van der Waals surface area contributed by atoms with Gasteiger partial charge in [-0.3, -0.25) is 0 Å². The molecule has 1 fully saturated rings. The van der Waals surface area contributed by atoms with E-state index in [-0.39, 0.29) is 6.04 Å². The summed E-state index contributed by atoms with van der Waals surface area (Å²) in [7, 11) is -4.08. The van der Waals surface area contributed by atoms with Crippen LogP contribution in [-0.2, 0) is 10.0 Å². The van der Waals surface area contributed by atoms with Crippen LogP contribution in [0.5, 0.6) is 0 Å². The van der Waals surface area contributed by atoms with Gasteiger partial charge in [-0.25, -0.2) is 21.9 Å². The third-order valence-electron chi connectivity index (χ3n) is 4.02. The minimum Gasteiger partial charge on any atom is -0.301 e. The lowest BCUT2D eigenvalue weighted by atomic mass is 9.92. The zero-order valence-corrected chi connectivity index (χ0v) is 14.5. The average molecular weight is 346 g/mol. The number of rotatable bonds is 5. The van der Waals surface area contributed by atoms with E-state index in [4.69, 9.17) is 0 Å². The Bertz CT molecular complexity index is 641. The van der Waals surface area contributed by atoms with E-state index in [1.165, 1.54) is 6.42 Å². The molecule has 0 spiro atoms. The number of halogens is 2. The van der Waals surface area contributed by atoms with E-state index in [2.05, 4.69) is 23.5 Å². The molecular weight excluding hydrogens is 322 g/mol. The first kappa shape index (κ1) is 18.3. The smallest absolute Gasteiger partial charge is 0.243 e. The number of benzene rings is 1. The van der Waals surface area contributed by atoms with Crippen LogP contribution in [0.1, 0.15) is 27.2 Å². The van der Waals surface area contributed by atoms with Crippen molar-refractivity contribution in [1.82, 2.24) is 9.62 Å². The van der Waals surface area contributed by atoms with Crippen LogP contribution in [0.2, 0.25) is 0 Å². The van der Waals surface area contributed by atoms with Crippen molar-refractivity contribution in [1.29, 1.82) is 0 Å². The van der Waals surface area contributed by atoms with E-state index >= 15 is 0 Å². The monoisotopic (exact) mass is 346 g/mol. The van der Waals surface area contributed by atoms with Crippen molar-refractivity contribution in [2.45, 2.75) is 38.1 Å². The maximum absolute atomic E-state index is 13.7. The summed E-state index contributed by atoms with van der Waals surface area (Å²) in [5, 5.41) is 0. The molecule has 1 aliphatic rings. The lowest BCUT2D eigenvalue weighted by molar-refractivity contribution is 0.134. The first-order valence-corrected chi connectivity index (χ1v) is 9.35. The summed E-state index contributed by atoms with van der Waals surface area (Å²) in [4.78, 5) is 1.57. The summed E-state index contributed by atoms with van der Waals surface area (Å²) in [5.74, 6) is -0.587. The van der Waals surface area contributed by atoms with E-state index in [0.717, 1.165) is 25.2 Å². The molecule has 2 rings (SSSR count). The zero-order chi connectivity index (χ0) is 17.2. The fraction of sp³-hybridized carbons (Fsp3) is 0.625. The molecule has 23 heavy (non-hydrogen) atoms. The van der Waals surface area contributed by atoms with Gasteiger partial charge in [-0.1, -0.05) is 13.8 Å². The second kappa shape index (κ2) is 7.23. The minimum absolute atomic E-state index is 0.389. The molecular formula is C16H24F2N2O2S. The van der Waals surface area contributed by atoms with Gasteiger partial charge in [0.1, 0.15) is 16.5 Å². The highest BCUT2D eigenvalue weighted by molar-refractivity contribution is 7.89. The number of sulfonamides is 1. The number of piperidine rings is 1. The molecule has 1 N–H and O–H groups in total. The van der Waals surface area contributed by atoms with Crippen LogP contribution in [-0.4, -0.2) is 39.0 Å². The fourth-order valence-electron chi connectivity index (χ4n) is 3.38. The van der Waals surface area contributed by atoms with Gasteiger partial charge in [0.15, 0.2) is 0 Å². The van der Waals surface area contributed by atoms with E-state index in [1.54, 1.807) is 6.92 Å². The molecule has 1 aromatic rings. The highest BCUT2D eigenvalue weighted by atomic mass is 32.2. The van der Waals surface area contributed by atoms with Crippen molar-refractivity contribution in [2.24, 2.45) is 11.8 Å². The Labute approximate surface area is 136 Å². The number of hydrogen-bond donors (Lipinski definition) is 1.